The van der Waals surface area contributed by atoms with Crippen LogP contribution >= 0.6 is 0 Å². The second-order valence-corrected chi connectivity index (χ2v) is 3.73. The van der Waals surface area contributed by atoms with Crippen LogP contribution < -0.4 is 5.73 Å². The van der Waals surface area contributed by atoms with Gasteiger partial charge in [0.1, 0.15) is 11.5 Å². The first-order chi connectivity index (χ1) is 8.09. The minimum absolute atomic E-state index is 0.128. The van der Waals surface area contributed by atoms with Gasteiger partial charge in [-0.1, -0.05) is 18.2 Å². The van der Waals surface area contributed by atoms with Crippen molar-refractivity contribution in [2.75, 3.05) is 0 Å². The molecule has 2 aromatic rings. The number of carbonyl (C=O) groups is 1. The summed E-state index contributed by atoms with van der Waals surface area (Å²) in [6.45, 7) is 1.69. The lowest BCUT2D eigenvalue weighted by Gasteiger charge is -2.06. The van der Waals surface area contributed by atoms with Gasteiger partial charge >= 0.3 is 0 Å². The van der Waals surface area contributed by atoms with E-state index in [1.165, 1.54) is 12.3 Å². The van der Waals surface area contributed by atoms with Crippen molar-refractivity contribution in [1.29, 1.82) is 0 Å². The van der Waals surface area contributed by atoms with Crippen LogP contribution in [0.25, 0.3) is 11.1 Å². The molecule has 1 aromatic heterocycles. The molecular weight excluding hydrogens is 219 g/mol. The normalized spacial score (nSPS) is 10.2. The summed E-state index contributed by atoms with van der Waals surface area (Å²) >= 11 is 0. The van der Waals surface area contributed by atoms with Gasteiger partial charge in [0.15, 0.2) is 0 Å². The second-order valence-electron chi connectivity index (χ2n) is 3.73. The summed E-state index contributed by atoms with van der Waals surface area (Å²) in [5.41, 5.74) is 6.85. The third-order valence-electron chi connectivity index (χ3n) is 2.52. The fourth-order valence-corrected chi connectivity index (χ4v) is 1.60. The molecule has 0 unspecified atom stereocenters. The summed E-state index contributed by atoms with van der Waals surface area (Å²) < 4.78 is 13.9. The number of benzene rings is 1. The number of rotatable bonds is 2. The van der Waals surface area contributed by atoms with Crippen LogP contribution in [0.1, 0.15) is 16.1 Å². The Bertz CT molecular complexity index is 581. The lowest BCUT2D eigenvalue weighted by molar-refractivity contribution is 0.0995. The molecule has 0 spiro atoms. The predicted octanol–water partition coefficient (Wildman–Crippen LogP) is 2.30. The number of hydrogen-bond acceptors (Lipinski definition) is 2. The SMILES string of the molecule is Cc1cccc(-c2ccnc(C(N)=O)c2)c1F. The van der Waals surface area contributed by atoms with Gasteiger partial charge in [0.2, 0.25) is 0 Å². The molecule has 0 saturated carbocycles. The Morgan fingerprint density at radius 3 is 2.82 bits per heavy atom. The van der Waals surface area contributed by atoms with Crippen LogP contribution in [0.4, 0.5) is 4.39 Å². The van der Waals surface area contributed by atoms with Crippen LogP contribution in [0.5, 0.6) is 0 Å². The van der Waals surface area contributed by atoms with Crippen molar-refractivity contribution in [3.8, 4) is 11.1 Å². The van der Waals surface area contributed by atoms with Crippen LogP contribution in [0.2, 0.25) is 0 Å². The summed E-state index contributed by atoms with van der Waals surface area (Å²) in [6.07, 6.45) is 1.44. The van der Waals surface area contributed by atoms with Gasteiger partial charge in [-0.25, -0.2) is 4.39 Å². The van der Waals surface area contributed by atoms with Crippen molar-refractivity contribution in [2.45, 2.75) is 6.92 Å². The molecule has 1 heterocycles. The summed E-state index contributed by atoms with van der Waals surface area (Å²) in [7, 11) is 0. The summed E-state index contributed by atoms with van der Waals surface area (Å²) in [5, 5.41) is 0. The third-order valence-corrected chi connectivity index (χ3v) is 2.52. The van der Waals surface area contributed by atoms with Crippen LogP contribution in [0.3, 0.4) is 0 Å². The van der Waals surface area contributed by atoms with E-state index in [1.807, 2.05) is 0 Å². The van der Waals surface area contributed by atoms with E-state index < -0.39 is 5.91 Å². The maximum atomic E-state index is 13.9. The minimum atomic E-state index is -0.625. The van der Waals surface area contributed by atoms with E-state index in [-0.39, 0.29) is 11.5 Å². The van der Waals surface area contributed by atoms with Gasteiger partial charge in [0.25, 0.3) is 5.91 Å². The van der Waals surface area contributed by atoms with Crippen molar-refractivity contribution in [3.05, 3.63) is 53.6 Å². The number of primary amides is 1. The van der Waals surface area contributed by atoms with Gasteiger partial charge in [-0.15, -0.1) is 0 Å². The van der Waals surface area contributed by atoms with Crippen molar-refractivity contribution >= 4 is 5.91 Å². The number of carbonyl (C=O) groups excluding carboxylic acids is 1. The third kappa shape index (κ3) is 2.15. The Kier molecular flexibility index (Phi) is 2.87. The van der Waals surface area contributed by atoms with Gasteiger partial charge in [-0.3, -0.25) is 9.78 Å². The molecule has 0 radical (unpaired) electrons. The fraction of sp³-hybridized carbons (Fsp3) is 0.0769. The zero-order chi connectivity index (χ0) is 12.4. The molecule has 17 heavy (non-hydrogen) atoms. The Morgan fingerprint density at radius 1 is 1.35 bits per heavy atom. The Morgan fingerprint density at radius 2 is 2.12 bits per heavy atom. The number of nitrogens with zero attached hydrogens (tertiary/aromatic N) is 1. The first-order valence-corrected chi connectivity index (χ1v) is 5.11. The summed E-state index contributed by atoms with van der Waals surface area (Å²) in [5.74, 6) is -0.922. The molecule has 0 aliphatic carbocycles. The molecular formula is C13H11FN2O. The molecule has 0 bridgehead atoms. The predicted molar refractivity (Wildman–Crippen MR) is 62.9 cm³/mol. The van der Waals surface area contributed by atoms with Crippen molar-refractivity contribution in [2.24, 2.45) is 5.73 Å². The van der Waals surface area contributed by atoms with E-state index in [9.17, 15) is 9.18 Å². The first kappa shape index (κ1) is 11.3. The van der Waals surface area contributed by atoms with E-state index in [0.717, 1.165) is 0 Å². The number of nitrogens with two attached hydrogens (primary N) is 1. The number of halogens is 1. The molecule has 0 saturated heterocycles. The van der Waals surface area contributed by atoms with E-state index >= 15 is 0 Å². The molecule has 4 heteroatoms. The fourth-order valence-electron chi connectivity index (χ4n) is 1.60. The Hall–Kier alpha value is -2.23. The number of pyridine rings is 1. The quantitative estimate of drug-likeness (QED) is 0.860. The van der Waals surface area contributed by atoms with Crippen LogP contribution in [-0.4, -0.2) is 10.9 Å². The topological polar surface area (TPSA) is 56.0 Å². The smallest absolute Gasteiger partial charge is 0.267 e. The van der Waals surface area contributed by atoms with E-state index in [1.54, 1.807) is 31.2 Å². The Labute approximate surface area is 98.1 Å². The van der Waals surface area contributed by atoms with Crippen LogP contribution in [0, 0.1) is 12.7 Å². The number of aryl methyl sites for hydroxylation is 1. The highest BCUT2D eigenvalue weighted by atomic mass is 19.1. The second kappa shape index (κ2) is 4.33. The lowest BCUT2D eigenvalue weighted by Crippen LogP contribution is -2.12. The van der Waals surface area contributed by atoms with Crippen LogP contribution in [0.15, 0.2) is 36.5 Å². The molecule has 0 fully saturated rings. The monoisotopic (exact) mass is 230 g/mol. The zero-order valence-corrected chi connectivity index (χ0v) is 9.27. The average molecular weight is 230 g/mol. The standard InChI is InChI=1S/C13H11FN2O/c1-8-3-2-4-10(12(8)14)9-5-6-16-11(7-9)13(15)17/h2-7H,1H3,(H2,15,17). The molecule has 0 aliphatic heterocycles. The molecule has 3 nitrogen and oxygen atoms in total. The molecule has 86 valence electrons. The highest BCUT2D eigenvalue weighted by Crippen LogP contribution is 2.24. The highest BCUT2D eigenvalue weighted by Gasteiger charge is 2.09. The van der Waals surface area contributed by atoms with E-state index in [2.05, 4.69) is 4.98 Å². The molecule has 0 atom stereocenters. The van der Waals surface area contributed by atoms with E-state index in [0.29, 0.717) is 16.7 Å². The van der Waals surface area contributed by atoms with Gasteiger partial charge < -0.3 is 5.73 Å². The highest BCUT2D eigenvalue weighted by molar-refractivity contribution is 5.92. The van der Waals surface area contributed by atoms with Crippen molar-refractivity contribution in [1.82, 2.24) is 4.98 Å². The van der Waals surface area contributed by atoms with Crippen molar-refractivity contribution in [3.63, 3.8) is 0 Å². The van der Waals surface area contributed by atoms with E-state index in [4.69, 9.17) is 5.73 Å². The number of amides is 1. The molecule has 1 aromatic carbocycles. The average Bonchev–Trinajstić information content (AvgIpc) is 2.33. The largest absolute Gasteiger partial charge is 0.364 e. The number of aromatic nitrogens is 1. The van der Waals surface area contributed by atoms with Gasteiger partial charge in [0.05, 0.1) is 0 Å². The summed E-state index contributed by atoms with van der Waals surface area (Å²) in [4.78, 5) is 14.8. The summed E-state index contributed by atoms with van der Waals surface area (Å²) in [6, 6.07) is 8.24. The molecule has 2 N–H and O–H groups in total. The van der Waals surface area contributed by atoms with Gasteiger partial charge in [0, 0.05) is 11.8 Å². The number of hydrogen-bond donors (Lipinski definition) is 1. The van der Waals surface area contributed by atoms with Gasteiger partial charge in [-0.05, 0) is 30.2 Å². The van der Waals surface area contributed by atoms with Crippen LogP contribution in [-0.2, 0) is 0 Å². The minimum Gasteiger partial charge on any atom is -0.364 e. The molecule has 1 amide bonds. The maximum Gasteiger partial charge on any atom is 0.267 e. The lowest BCUT2D eigenvalue weighted by atomic mass is 10.0. The molecule has 0 aliphatic rings. The Balaban J connectivity index is 2.57. The maximum absolute atomic E-state index is 13.9. The van der Waals surface area contributed by atoms with Crippen molar-refractivity contribution < 1.29 is 9.18 Å². The first-order valence-electron chi connectivity index (χ1n) is 5.11. The molecule has 2 rings (SSSR count). The van der Waals surface area contributed by atoms with Gasteiger partial charge in [-0.2, -0.15) is 0 Å². The zero-order valence-electron chi connectivity index (χ0n) is 9.27.